The minimum absolute atomic E-state index is 0.0208. The van der Waals surface area contributed by atoms with Crippen molar-refractivity contribution in [3.8, 4) is 0 Å². The molecule has 0 radical (unpaired) electrons. The van der Waals surface area contributed by atoms with Crippen molar-refractivity contribution < 1.29 is 12.7 Å². The number of nitrogens with zero attached hydrogens (tertiary/aromatic N) is 2. The van der Waals surface area contributed by atoms with E-state index in [-0.39, 0.29) is 11.8 Å². The second-order valence-corrected chi connectivity index (χ2v) is 11.1. The Hall–Kier alpha value is -1.87. The van der Waals surface area contributed by atoms with Crippen LogP contribution in [0.1, 0.15) is 38.7 Å². The molecule has 0 amide bonds. The van der Waals surface area contributed by atoms with Crippen molar-refractivity contribution in [3.63, 3.8) is 0 Å². The third-order valence-corrected chi connectivity index (χ3v) is 10.1. The lowest BCUT2D eigenvalue weighted by Gasteiger charge is -2.42. The SMILES string of the molecule is [C-]#[N+]C(=NOS(=O)(=O)C1CC2CC1C1C3CC(C(C)C3C)C21)c1ccccc1. The average Bonchev–Trinajstić information content (AvgIpc) is 3.43. The van der Waals surface area contributed by atoms with Gasteiger partial charge in [-0.15, -0.1) is 0 Å². The standard InChI is InChI=1S/C22H26N2O3S/c1-12-13(2)17-11-16(12)20-15-9-18(21(17)20)19(10-15)28(25,26)27-24-22(23-3)14-7-5-4-6-8-14/h4-8,12-13,15-21H,9-11H2,1-2H3. The van der Waals surface area contributed by atoms with E-state index in [1.807, 2.05) is 6.07 Å². The highest BCUT2D eigenvalue weighted by atomic mass is 32.2. The normalized spacial score (nSPS) is 43.8. The molecule has 4 bridgehead atoms. The predicted octanol–water partition coefficient (Wildman–Crippen LogP) is 4.18. The fraction of sp³-hybridized carbons (Fsp3) is 0.636. The van der Waals surface area contributed by atoms with E-state index in [0.717, 1.165) is 24.2 Å². The van der Waals surface area contributed by atoms with Gasteiger partial charge in [0, 0.05) is 5.56 Å². The Balaban J connectivity index is 1.36. The van der Waals surface area contributed by atoms with Crippen LogP contribution in [0.4, 0.5) is 0 Å². The van der Waals surface area contributed by atoms with Gasteiger partial charge < -0.3 is 4.85 Å². The van der Waals surface area contributed by atoms with Crippen molar-refractivity contribution in [2.75, 3.05) is 0 Å². The molecule has 1 aromatic carbocycles. The summed E-state index contributed by atoms with van der Waals surface area (Å²) < 4.78 is 31.1. The van der Waals surface area contributed by atoms with Gasteiger partial charge in [0.25, 0.3) is 0 Å². The number of hydrogen-bond donors (Lipinski definition) is 0. The third-order valence-electron chi connectivity index (χ3n) is 8.52. The molecule has 0 heterocycles. The van der Waals surface area contributed by atoms with Crippen LogP contribution in [0, 0.1) is 53.9 Å². The lowest BCUT2D eigenvalue weighted by atomic mass is 9.64. The second kappa shape index (κ2) is 6.32. The van der Waals surface area contributed by atoms with Crippen LogP contribution in [0.5, 0.6) is 0 Å². The van der Waals surface area contributed by atoms with Gasteiger partial charge in [0.15, 0.2) is 0 Å². The van der Waals surface area contributed by atoms with Gasteiger partial charge >= 0.3 is 16.0 Å². The number of hydrogen-bond acceptors (Lipinski definition) is 4. The highest BCUT2D eigenvalue weighted by Gasteiger charge is 2.68. The Kier molecular flexibility index (Phi) is 4.10. The van der Waals surface area contributed by atoms with E-state index < -0.39 is 15.4 Å². The summed E-state index contributed by atoms with van der Waals surface area (Å²) in [7, 11) is -3.82. The molecule has 0 spiro atoms. The fourth-order valence-corrected chi connectivity index (χ4v) is 8.85. The molecule has 0 aromatic heterocycles. The first kappa shape index (κ1) is 18.2. The van der Waals surface area contributed by atoms with Gasteiger partial charge in [0.05, 0.1) is 5.16 Å². The Morgan fingerprint density at radius 1 is 1.04 bits per heavy atom. The lowest BCUT2D eigenvalue weighted by molar-refractivity contribution is 0.0711. The first-order chi connectivity index (χ1) is 13.4. The zero-order chi connectivity index (χ0) is 19.6. The summed E-state index contributed by atoms with van der Waals surface area (Å²) in [6.45, 7) is 12.0. The molecule has 0 aliphatic heterocycles. The van der Waals surface area contributed by atoms with Crippen molar-refractivity contribution in [2.45, 2.75) is 38.4 Å². The zero-order valence-electron chi connectivity index (χ0n) is 16.2. The largest absolute Gasteiger partial charge is 0.357 e. The fourth-order valence-electron chi connectivity index (χ4n) is 7.37. The summed E-state index contributed by atoms with van der Waals surface area (Å²) in [6.07, 6.45) is 3.01. The van der Waals surface area contributed by atoms with E-state index in [4.69, 9.17) is 10.9 Å². The number of rotatable bonds is 4. The number of amidine groups is 1. The van der Waals surface area contributed by atoms with E-state index in [1.165, 1.54) is 6.42 Å². The first-order valence-corrected chi connectivity index (χ1v) is 11.8. The van der Waals surface area contributed by atoms with Crippen LogP contribution >= 0.6 is 0 Å². The van der Waals surface area contributed by atoms with Crippen molar-refractivity contribution in [1.82, 2.24) is 0 Å². The van der Waals surface area contributed by atoms with Crippen molar-refractivity contribution in [3.05, 3.63) is 47.3 Å². The molecule has 9 atom stereocenters. The van der Waals surface area contributed by atoms with Gasteiger partial charge in [-0.25, -0.2) is 0 Å². The van der Waals surface area contributed by atoms with E-state index in [1.54, 1.807) is 24.3 Å². The Bertz CT molecular complexity index is 952. The van der Waals surface area contributed by atoms with Gasteiger partial charge in [0.1, 0.15) is 5.25 Å². The average molecular weight is 399 g/mol. The van der Waals surface area contributed by atoms with E-state index in [9.17, 15) is 8.42 Å². The molecule has 0 N–H and O–H groups in total. The van der Waals surface area contributed by atoms with Crippen LogP contribution in [0.15, 0.2) is 35.5 Å². The van der Waals surface area contributed by atoms with Crippen molar-refractivity contribution in [2.24, 2.45) is 52.5 Å². The monoisotopic (exact) mass is 398 g/mol. The summed E-state index contributed by atoms with van der Waals surface area (Å²) in [6, 6.07) is 8.88. The maximum atomic E-state index is 13.0. The topological polar surface area (TPSA) is 60.1 Å². The molecule has 4 aliphatic carbocycles. The van der Waals surface area contributed by atoms with Crippen LogP contribution in [0.3, 0.4) is 0 Å². The van der Waals surface area contributed by atoms with Crippen LogP contribution in [0.2, 0.25) is 0 Å². The van der Waals surface area contributed by atoms with E-state index >= 15 is 0 Å². The molecule has 148 valence electrons. The van der Waals surface area contributed by atoms with Gasteiger partial charge in [-0.05, 0) is 66.6 Å². The molecule has 9 unspecified atom stereocenters. The second-order valence-electron chi connectivity index (χ2n) is 9.33. The van der Waals surface area contributed by atoms with Crippen LogP contribution in [-0.2, 0) is 14.4 Å². The molecule has 28 heavy (non-hydrogen) atoms. The molecular formula is C22H26N2O3S. The minimum atomic E-state index is -3.82. The number of oxime groups is 1. The summed E-state index contributed by atoms with van der Waals surface area (Å²) in [5.74, 6) is 4.88. The molecule has 1 aromatic rings. The Morgan fingerprint density at radius 3 is 2.39 bits per heavy atom. The van der Waals surface area contributed by atoms with Crippen LogP contribution in [0.25, 0.3) is 4.85 Å². The van der Waals surface area contributed by atoms with E-state index in [2.05, 4.69) is 23.8 Å². The molecule has 4 fully saturated rings. The zero-order valence-corrected chi connectivity index (χ0v) is 17.0. The quantitative estimate of drug-likeness (QED) is 0.251. The molecule has 6 heteroatoms. The molecule has 0 saturated heterocycles. The summed E-state index contributed by atoms with van der Waals surface area (Å²) in [5, 5.41) is 3.28. The summed E-state index contributed by atoms with van der Waals surface area (Å²) in [4.78, 5) is 3.35. The smallest absolute Gasteiger partial charge is 0.353 e. The minimum Gasteiger partial charge on any atom is -0.357 e. The first-order valence-electron chi connectivity index (χ1n) is 10.4. The number of benzene rings is 1. The predicted molar refractivity (Wildman–Crippen MR) is 106 cm³/mol. The Morgan fingerprint density at radius 2 is 1.71 bits per heavy atom. The van der Waals surface area contributed by atoms with Crippen molar-refractivity contribution in [1.29, 1.82) is 0 Å². The van der Waals surface area contributed by atoms with Gasteiger partial charge in [0.2, 0.25) is 0 Å². The summed E-state index contributed by atoms with van der Waals surface area (Å²) >= 11 is 0. The number of fused-ring (bicyclic) bond motifs is 9. The molecular weight excluding hydrogens is 372 g/mol. The maximum Gasteiger partial charge on any atom is 0.353 e. The molecule has 4 aliphatic rings. The van der Waals surface area contributed by atoms with Gasteiger partial charge in [-0.2, -0.15) is 12.7 Å². The summed E-state index contributed by atoms with van der Waals surface area (Å²) in [5.41, 5.74) is 0.566. The highest BCUT2D eigenvalue weighted by Crippen LogP contribution is 2.70. The van der Waals surface area contributed by atoms with Crippen molar-refractivity contribution >= 4 is 16.0 Å². The third kappa shape index (κ3) is 2.48. The Labute approximate surface area is 167 Å². The molecule has 4 saturated carbocycles. The van der Waals surface area contributed by atoms with Crippen LogP contribution < -0.4 is 0 Å². The lowest BCUT2D eigenvalue weighted by Crippen LogP contribution is -2.43. The van der Waals surface area contributed by atoms with Gasteiger partial charge in [-0.3, -0.25) is 0 Å². The maximum absolute atomic E-state index is 13.0. The van der Waals surface area contributed by atoms with Crippen LogP contribution in [-0.4, -0.2) is 19.5 Å². The highest BCUT2D eigenvalue weighted by molar-refractivity contribution is 7.87. The van der Waals surface area contributed by atoms with Gasteiger partial charge in [-0.1, -0.05) is 50.8 Å². The van der Waals surface area contributed by atoms with E-state index in [0.29, 0.717) is 35.7 Å². The molecule has 5 nitrogen and oxygen atoms in total. The molecule has 5 rings (SSSR count).